The van der Waals surface area contributed by atoms with E-state index in [4.69, 9.17) is 56.5 Å². The van der Waals surface area contributed by atoms with Crippen LogP contribution in [0.2, 0.25) is 15.1 Å². The van der Waals surface area contributed by atoms with E-state index in [0.717, 1.165) is 4.90 Å². The number of halogens is 3. The third kappa shape index (κ3) is 6.15. The summed E-state index contributed by atoms with van der Waals surface area (Å²) in [6.07, 6.45) is 1.34. The quantitative estimate of drug-likeness (QED) is 0.104. The molecular formula is C26H18Cl3N3O6S. The summed E-state index contributed by atoms with van der Waals surface area (Å²) in [6, 6.07) is 13.7. The van der Waals surface area contributed by atoms with Gasteiger partial charge in [0, 0.05) is 12.1 Å². The minimum Gasteiger partial charge on any atom is -0.490 e. The van der Waals surface area contributed by atoms with Gasteiger partial charge in [-0.1, -0.05) is 53.0 Å². The third-order valence-corrected chi connectivity index (χ3v) is 6.80. The van der Waals surface area contributed by atoms with E-state index in [2.05, 4.69) is 5.32 Å². The number of hydrogen-bond acceptors (Lipinski definition) is 7. The molecule has 2 amide bonds. The molecule has 0 spiro atoms. The Morgan fingerprint density at radius 2 is 1.79 bits per heavy atom. The summed E-state index contributed by atoms with van der Waals surface area (Å²) in [5.74, 6) is -0.983. The Labute approximate surface area is 243 Å². The Morgan fingerprint density at radius 1 is 1.05 bits per heavy atom. The van der Waals surface area contributed by atoms with E-state index in [9.17, 15) is 19.7 Å². The van der Waals surface area contributed by atoms with E-state index in [0.29, 0.717) is 11.1 Å². The average molecular weight is 607 g/mol. The normalized spacial score (nSPS) is 14.4. The Bertz CT molecular complexity index is 1550. The van der Waals surface area contributed by atoms with Crippen LogP contribution in [0, 0.1) is 10.1 Å². The van der Waals surface area contributed by atoms with Crippen LogP contribution in [-0.4, -0.2) is 28.5 Å². The highest BCUT2D eigenvalue weighted by Crippen LogP contribution is 2.39. The molecule has 1 aliphatic heterocycles. The summed E-state index contributed by atoms with van der Waals surface area (Å²) >= 11 is 24.1. The van der Waals surface area contributed by atoms with Crippen molar-refractivity contribution in [3.05, 3.63) is 96.5 Å². The lowest BCUT2D eigenvalue weighted by molar-refractivity contribution is -0.384. The van der Waals surface area contributed by atoms with Crippen molar-refractivity contribution in [3.8, 4) is 11.5 Å². The molecule has 0 bridgehead atoms. The molecule has 3 aromatic carbocycles. The second-order valence-corrected chi connectivity index (χ2v) is 9.59. The predicted molar refractivity (Wildman–Crippen MR) is 153 cm³/mol. The Kier molecular flexibility index (Phi) is 8.71. The van der Waals surface area contributed by atoms with Gasteiger partial charge in [0.15, 0.2) is 16.6 Å². The van der Waals surface area contributed by atoms with Crippen molar-refractivity contribution in [2.75, 3.05) is 11.5 Å². The first-order chi connectivity index (χ1) is 18.6. The monoisotopic (exact) mass is 605 g/mol. The van der Waals surface area contributed by atoms with Crippen LogP contribution in [0.1, 0.15) is 18.1 Å². The second-order valence-electron chi connectivity index (χ2n) is 8.01. The van der Waals surface area contributed by atoms with Gasteiger partial charge in [-0.15, -0.1) is 0 Å². The van der Waals surface area contributed by atoms with Crippen molar-refractivity contribution in [2.24, 2.45) is 0 Å². The van der Waals surface area contributed by atoms with Gasteiger partial charge < -0.3 is 9.47 Å². The highest BCUT2D eigenvalue weighted by molar-refractivity contribution is 7.80. The van der Waals surface area contributed by atoms with Gasteiger partial charge in [0.05, 0.1) is 32.3 Å². The second kappa shape index (κ2) is 12.0. The fourth-order valence-corrected chi connectivity index (χ4v) is 4.63. The maximum Gasteiger partial charge on any atom is 0.270 e. The summed E-state index contributed by atoms with van der Waals surface area (Å²) in [4.78, 5) is 37.8. The standard InChI is InChI=1S/C26H18Cl3N3O6S/c1-2-37-21-12-15(11-19(28)23(21)38-13-14-5-3-6-16(9-14)32(35)36)10-17-24(33)30-26(39)31(25(17)34)20-8-4-7-18(27)22(20)29/h3-12H,2,13H2,1H3,(H,30,33,39)/b17-10+. The average Bonchev–Trinajstić information content (AvgIpc) is 2.88. The molecule has 200 valence electrons. The topological polar surface area (TPSA) is 111 Å². The number of carbonyl (C=O) groups is 2. The van der Waals surface area contributed by atoms with E-state index < -0.39 is 16.7 Å². The van der Waals surface area contributed by atoms with Crippen molar-refractivity contribution in [2.45, 2.75) is 13.5 Å². The van der Waals surface area contributed by atoms with Crippen molar-refractivity contribution < 1.29 is 24.0 Å². The van der Waals surface area contributed by atoms with Gasteiger partial charge in [-0.3, -0.25) is 29.9 Å². The van der Waals surface area contributed by atoms with Gasteiger partial charge in [-0.05, 0) is 60.6 Å². The molecule has 1 fully saturated rings. The lowest BCUT2D eigenvalue weighted by atomic mass is 10.1. The summed E-state index contributed by atoms with van der Waals surface area (Å²) in [7, 11) is 0. The van der Waals surface area contributed by atoms with E-state index in [-0.39, 0.29) is 61.8 Å². The fourth-order valence-electron chi connectivity index (χ4n) is 3.70. The predicted octanol–water partition coefficient (Wildman–Crippen LogP) is 6.36. The first-order valence-electron chi connectivity index (χ1n) is 11.3. The van der Waals surface area contributed by atoms with Crippen molar-refractivity contribution >= 4 is 81.4 Å². The molecule has 0 unspecified atom stereocenters. The van der Waals surface area contributed by atoms with Gasteiger partial charge in [-0.25, -0.2) is 0 Å². The number of hydrogen-bond donors (Lipinski definition) is 1. The number of anilines is 1. The number of rotatable bonds is 8. The van der Waals surface area contributed by atoms with Crippen molar-refractivity contribution in [1.82, 2.24) is 5.32 Å². The van der Waals surface area contributed by atoms with Gasteiger partial charge >= 0.3 is 0 Å². The highest BCUT2D eigenvalue weighted by Gasteiger charge is 2.35. The molecule has 9 nitrogen and oxygen atoms in total. The molecule has 0 aliphatic carbocycles. The molecule has 39 heavy (non-hydrogen) atoms. The van der Waals surface area contributed by atoms with Crippen LogP contribution in [0.3, 0.4) is 0 Å². The van der Waals surface area contributed by atoms with Gasteiger partial charge in [0.2, 0.25) is 0 Å². The summed E-state index contributed by atoms with van der Waals surface area (Å²) in [5.41, 5.74) is 0.826. The molecule has 0 saturated carbocycles. The number of benzene rings is 3. The van der Waals surface area contributed by atoms with Crippen LogP contribution < -0.4 is 19.7 Å². The van der Waals surface area contributed by atoms with E-state index in [1.807, 2.05) is 0 Å². The van der Waals surface area contributed by atoms with Gasteiger partial charge in [-0.2, -0.15) is 0 Å². The molecule has 1 saturated heterocycles. The minimum atomic E-state index is -0.715. The minimum absolute atomic E-state index is 0.0183. The van der Waals surface area contributed by atoms with Gasteiger partial charge in [0.25, 0.3) is 17.5 Å². The number of nitro benzene ring substituents is 1. The zero-order valence-electron chi connectivity index (χ0n) is 20.1. The van der Waals surface area contributed by atoms with Crippen molar-refractivity contribution in [3.63, 3.8) is 0 Å². The molecular weight excluding hydrogens is 589 g/mol. The Balaban J connectivity index is 1.67. The number of ether oxygens (including phenoxy) is 2. The van der Waals surface area contributed by atoms with E-state index >= 15 is 0 Å². The van der Waals surface area contributed by atoms with Crippen LogP contribution in [-0.2, 0) is 16.2 Å². The first kappa shape index (κ1) is 28.3. The number of carbonyl (C=O) groups excluding carboxylic acids is 2. The SMILES string of the molecule is CCOc1cc(/C=C2\C(=O)NC(=S)N(c3cccc(Cl)c3Cl)C2=O)cc(Cl)c1OCc1cccc([N+](=O)[O-])c1. The number of amides is 2. The molecule has 0 atom stereocenters. The maximum absolute atomic E-state index is 13.4. The van der Waals surface area contributed by atoms with Crippen LogP contribution in [0.15, 0.2) is 60.2 Å². The Hall–Kier alpha value is -3.70. The molecule has 0 aromatic heterocycles. The fraction of sp³-hybridized carbons (Fsp3) is 0.115. The molecule has 4 rings (SSSR count). The van der Waals surface area contributed by atoms with Gasteiger partial charge in [0.1, 0.15) is 12.2 Å². The molecule has 13 heteroatoms. The number of nitro groups is 1. The number of nitrogens with one attached hydrogen (secondary N) is 1. The third-order valence-electron chi connectivity index (χ3n) is 5.42. The number of non-ortho nitro benzene ring substituents is 1. The zero-order chi connectivity index (χ0) is 28.3. The summed E-state index contributed by atoms with van der Waals surface area (Å²) in [6.45, 7) is 2.00. The lowest BCUT2D eigenvalue weighted by Crippen LogP contribution is -2.54. The number of thiocarbonyl (C=S) groups is 1. The van der Waals surface area contributed by atoms with Crippen LogP contribution in [0.4, 0.5) is 11.4 Å². The smallest absolute Gasteiger partial charge is 0.270 e. The van der Waals surface area contributed by atoms with Crippen LogP contribution >= 0.6 is 47.0 Å². The van der Waals surface area contributed by atoms with E-state index in [1.165, 1.54) is 24.3 Å². The highest BCUT2D eigenvalue weighted by atomic mass is 35.5. The molecule has 3 aromatic rings. The lowest BCUT2D eigenvalue weighted by Gasteiger charge is -2.29. The molecule has 1 N–H and O–H groups in total. The number of nitrogens with zero attached hydrogens (tertiary/aromatic N) is 2. The summed E-state index contributed by atoms with van der Waals surface area (Å²) < 4.78 is 11.5. The Morgan fingerprint density at radius 3 is 2.51 bits per heavy atom. The molecule has 1 aliphatic rings. The first-order valence-corrected chi connectivity index (χ1v) is 12.8. The molecule has 0 radical (unpaired) electrons. The van der Waals surface area contributed by atoms with Crippen LogP contribution in [0.25, 0.3) is 6.08 Å². The summed E-state index contributed by atoms with van der Waals surface area (Å²) in [5, 5.41) is 13.8. The van der Waals surface area contributed by atoms with E-state index in [1.54, 1.807) is 43.3 Å². The van der Waals surface area contributed by atoms with Crippen molar-refractivity contribution in [1.29, 1.82) is 0 Å². The molecule has 1 heterocycles. The van der Waals surface area contributed by atoms with Crippen LogP contribution in [0.5, 0.6) is 11.5 Å². The maximum atomic E-state index is 13.4. The largest absolute Gasteiger partial charge is 0.490 e. The zero-order valence-corrected chi connectivity index (χ0v) is 23.2.